The van der Waals surface area contributed by atoms with Crippen LogP contribution in [0, 0.1) is 6.92 Å². The fourth-order valence-electron chi connectivity index (χ4n) is 3.36. The highest BCUT2D eigenvalue weighted by Gasteiger charge is 2.12. The summed E-state index contributed by atoms with van der Waals surface area (Å²) in [5, 5.41) is 6.28. The maximum absolute atomic E-state index is 12.4. The van der Waals surface area contributed by atoms with Crippen LogP contribution < -0.4 is 10.6 Å². The third-order valence-electron chi connectivity index (χ3n) is 5.12. The number of aryl methyl sites for hydroxylation is 1. The Balaban J connectivity index is 1.34. The second-order valence-electron chi connectivity index (χ2n) is 7.80. The summed E-state index contributed by atoms with van der Waals surface area (Å²) >= 11 is 1.29. The summed E-state index contributed by atoms with van der Waals surface area (Å²) < 4.78 is 7.32. The van der Waals surface area contributed by atoms with Crippen LogP contribution in [0.2, 0.25) is 0 Å². The largest absolute Gasteiger partial charge is 0.465 e. The van der Waals surface area contributed by atoms with Crippen molar-refractivity contribution in [2.75, 3.05) is 11.1 Å². The number of benzene rings is 2. The van der Waals surface area contributed by atoms with Crippen molar-refractivity contribution in [2.24, 2.45) is 0 Å². The topological polar surface area (TPSA) is 106 Å². The normalized spacial score (nSPS) is 10.7. The Morgan fingerprint density at radius 2 is 1.83 bits per heavy atom. The van der Waals surface area contributed by atoms with Gasteiger partial charge in [0.15, 0.2) is 10.9 Å². The number of hydrogen-bond acceptors (Lipinski definition) is 6. The molecule has 0 aliphatic carbocycles. The van der Waals surface area contributed by atoms with Crippen LogP contribution in [0.1, 0.15) is 39.2 Å². The second kappa shape index (κ2) is 10.9. The molecule has 0 radical (unpaired) electrons. The maximum atomic E-state index is 12.4. The highest BCUT2D eigenvalue weighted by atomic mass is 32.2. The van der Waals surface area contributed by atoms with Gasteiger partial charge >= 0.3 is 0 Å². The fourth-order valence-corrected chi connectivity index (χ4v) is 4.13. The van der Waals surface area contributed by atoms with Crippen molar-refractivity contribution in [1.82, 2.24) is 14.9 Å². The molecule has 2 N–H and O–H groups in total. The highest BCUT2D eigenvalue weighted by Crippen LogP contribution is 2.21. The van der Waals surface area contributed by atoms with Gasteiger partial charge in [0.2, 0.25) is 5.91 Å². The van der Waals surface area contributed by atoms with Crippen LogP contribution in [0.3, 0.4) is 0 Å². The van der Waals surface area contributed by atoms with Crippen molar-refractivity contribution in [3.8, 4) is 5.69 Å². The average Bonchev–Trinajstić information content (AvgIpc) is 3.50. The summed E-state index contributed by atoms with van der Waals surface area (Å²) in [4.78, 5) is 40.7. The van der Waals surface area contributed by atoms with E-state index in [0.717, 1.165) is 11.4 Å². The molecule has 0 saturated carbocycles. The Hall–Kier alpha value is -4.11. The van der Waals surface area contributed by atoms with Gasteiger partial charge in [0.05, 0.1) is 12.3 Å². The first kappa shape index (κ1) is 24.0. The number of imidazole rings is 1. The predicted molar refractivity (Wildman–Crippen MR) is 134 cm³/mol. The highest BCUT2D eigenvalue weighted by molar-refractivity contribution is 7.99. The number of carbonyl (C=O) groups excluding carboxylic acids is 3. The first-order chi connectivity index (χ1) is 16.9. The van der Waals surface area contributed by atoms with Crippen LogP contribution in [0.25, 0.3) is 5.69 Å². The second-order valence-corrected chi connectivity index (χ2v) is 8.74. The number of amides is 2. The number of thioether (sulfide) groups is 1. The molecule has 0 atom stereocenters. The number of furan rings is 1. The van der Waals surface area contributed by atoms with Crippen LogP contribution >= 0.6 is 11.8 Å². The molecular weight excluding hydrogens is 464 g/mol. The van der Waals surface area contributed by atoms with E-state index in [1.807, 2.05) is 35.8 Å². The van der Waals surface area contributed by atoms with Gasteiger partial charge in [-0.2, -0.15) is 0 Å². The van der Waals surface area contributed by atoms with E-state index in [-0.39, 0.29) is 23.4 Å². The van der Waals surface area contributed by atoms with Gasteiger partial charge in [-0.05, 0) is 62.4 Å². The number of Topliss-reactive ketones (excluding diaryl/α,β-unsaturated/α-hetero) is 1. The Labute approximate surface area is 206 Å². The van der Waals surface area contributed by atoms with Gasteiger partial charge in [-0.3, -0.25) is 19.0 Å². The van der Waals surface area contributed by atoms with Crippen molar-refractivity contribution in [1.29, 1.82) is 0 Å². The molecule has 9 heteroatoms. The Bertz CT molecular complexity index is 1360. The summed E-state index contributed by atoms with van der Waals surface area (Å²) in [6, 6.07) is 17.6. The monoisotopic (exact) mass is 488 g/mol. The summed E-state index contributed by atoms with van der Waals surface area (Å²) in [5.41, 5.74) is 2.46. The van der Waals surface area contributed by atoms with E-state index in [1.54, 1.807) is 48.8 Å². The molecule has 178 valence electrons. The SMILES string of the molecule is CC(=O)c1cccc(NC(=O)CSc2nccn2-c2ccc(C(=O)NCc3ccc(C)o3)cc2)c1. The molecule has 0 unspecified atom stereocenters. The van der Waals surface area contributed by atoms with Crippen LogP contribution in [0.5, 0.6) is 0 Å². The zero-order valence-electron chi connectivity index (χ0n) is 19.3. The van der Waals surface area contributed by atoms with Gasteiger partial charge in [-0.25, -0.2) is 4.98 Å². The van der Waals surface area contributed by atoms with Crippen molar-refractivity contribution in [3.63, 3.8) is 0 Å². The number of aromatic nitrogens is 2. The van der Waals surface area contributed by atoms with E-state index in [0.29, 0.717) is 34.3 Å². The lowest BCUT2D eigenvalue weighted by atomic mass is 10.1. The number of nitrogens with one attached hydrogen (secondary N) is 2. The number of ketones is 1. The number of hydrogen-bond donors (Lipinski definition) is 2. The minimum Gasteiger partial charge on any atom is -0.465 e. The van der Waals surface area contributed by atoms with Crippen molar-refractivity contribution < 1.29 is 18.8 Å². The summed E-state index contributed by atoms with van der Waals surface area (Å²) in [6.07, 6.45) is 3.45. The first-order valence-electron chi connectivity index (χ1n) is 10.9. The number of nitrogens with zero attached hydrogens (tertiary/aromatic N) is 2. The smallest absolute Gasteiger partial charge is 0.251 e. The lowest BCUT2D eigenvalue weighted by Crippen LogP contribution is -2.22. The zero-order chi connectivity index (χ0) is 24.8. The molecule has 2 aromatic carbocycles. The maximum Gasteiger partial charge on any atom is 0.251 e. The van der Waals surface area contributed by atoms with Gasteiger partial charge in [0.25, 0.3) is 5.91 Å². The van der Waals surface area contributed by atoms with Crippen LogP contribution in [-0.2, 0) is 11.3 Å². The molecule has 2 heterocycles. The van der Waals surface area contributed by atoms with Crippen LogP contribution in [0.4, 0.5) is 5.69 Å². The molecule has 4 rings (SSSR count). The Morgan fingerprint density at radius 1 is 1.03 bits per heavy atom. The van der Waals surface area contributed by atoms with Crippen molar-refractivity contribution in [2.45, 2.75) is 25.5 Å². The number of anilines is 1. The van der Waals surface area contributed by atoms with Gasteiger partial charge in [0.1, 0.15) is 11.5 Å². The molecule has 0 aliphatic rings. The molecule has 0 fully saturated rings. The van der Waals surface area contributed by atoms with Gasteiger partial charge in [-0.1, -0.05) is 23.9 Å². The lowest BCUT2D eigenvalue weighted by molar-refractivity contribution is -0.113. The first-order valence-corrected chi connectivity index (χ1v) is 11.9. The average molecular weight is 489 g/mol. The third kappa shape index (κ3) is 6.27. The molecule has 35 heavy (non-hydrogen) atoms. The Morgan fingerprint density at radius 3 is 2.54 bits per heavy atom. The van der Waals surface area contributed by atoms with Crippen molar-refractivity contribution in [3.05, 3.63) is 95.7 Å². The molecule has 0 aliphatic heterocycles. The molecule has 0 bridgehead atoms. The lowest BCUT2D eigenvalue weighted by Gasteiger charge is -2.09. The molecule has 2 aromatic heterocycles. The van der Waals surface area contributed by atoms with E-state index in [9.17, 15) is 14.4 Å². The van der Waals surface area contributed by atoms with E-state index in [2.05, 4.69) is 15.6 Å². The quantitative estimate of drug-likeness (QED) is 0.263. The molecular formula is C26H24N4O4S. The van der Waals surface area contributed by atoms with E-state index < -0.39 is 0 Å². The van der Waals surface area contributed by atoms with Gasteiger partial charge in [0, 0.05) is 34.9 Å². The van der Waals surface area contributed by atoms with Gasteiger partial charge < -0.3 is 15.1 Å². The molecule has 2 amide bonds. The molecule has 4 aromatic rings. The number of carbonyl (C=O) groups is 3. The third-order valence-corrected chi connectivity index (χ3v) is 6.09. The fraction of sp³-hybridized carbons (Fsp3) is 0.154. The van der Waals surface area contributed by atoms with E-state index in [1.165, 1.54) is 18.7 Å². The summed E-state index contributed by atoms with van der Waals surface area (Å²) in [7, 11) is 0. The van der Waals surface area contributed by atoms with E-state index in [4.69, 9.17) is 4.42 Å². The summed E-state index contributed by atoms with van der Waals surface area (Å²) in [5.74, 6) is 1.18. The summed E-state index contributed by atoms with van der Waals surface area (Å²) in [6.45, 7) is 3.66. The minimum absolute atomic E-state index is 0.0615. The molecule has 0 spiro atoms. The number of rotatable bonds is 9. The van der Waals surface area contributed by atoms with Crippen molar-refractivity contribution >= 4 is 35.0 Å². The molecule has 8 nitrogen and oxygen atoms in total. The van der Waals surface area contributed by atoms with Crippen LogP contribution in [-0.4, -0.2) is 32.9 Å². The zero-order valence-corrected chi connectivity index (χ0v) is 20.1. The molecule has 0 saturated heterocycles. The minimum atomic E-state index is -0.205. The predicted octanol–water partition coefficient (Wildman–Crippen LogP) is 4.64. The van der Waals surface area contributed by atoms with Gasteiger partial charge in [-0.15, -0.1) is 0 Å². The standard InChI is InChI=1S/C26H24N4O4S/c1-17-6-11-23(34-17)15-28-25(33)19-7-9-22(10-8-19)30-13-12-27-26(30)35-16-24(32)29-21-5-3-4-20(14-21)18(2)31/h3-14H,15-16H2,1-2H3,(H,28,33)(H,29,32). The Kier molecular flexibility index (Phi) is 7.47. The van der Waals surface area contributed by atoms with Crippen LogP contribution in [0.15, 0.2) is 82.6 Å². The van der Waals surface area contributed by atoms with E-state index >= 15 is 0 Å².